The van der Waals surface area contributed by atoms with Gasteiger partial charge in [0.05, 0.1) is 25.7 Å². The predicted molar refractivity (Wildman–Crippen MR) is 115 cm³/mol. The summed E-state index contributed by atoms with van der Waals surface area (Å²) < 4.78 is 15.8. The third-order valence-electron chi connectivity index (χ3n) is 4.34. The van der Waals surface area contributed by atoms with E-state index in [0.29, 0.717) is 22.8 Å². The first-order valence-electron chi connectivity index (χ1n) is 9.21. The number of esters is 1. The molecule has 2 aromatic carbocycles. The van der Waals surface area contributed by atoms with Gasteiger partial charge in [0.15, 0.2) is 17.3 Å². The second kappa shape index (κ2) is 10.9. The average Bonchev–Trinajstić information content (AvgIpc) is 2.71. The van der Waals surface area contributed by atoms with Crippen molar-refractivity contribution in [3.63, 3.8) is 0 Å². The van der Waals surface area contributed by atoms with Gasteiger partial charge in [-0.15, -0.1) is 11.8 Å². The van der Waals surface area contributed by atoms with E-state index in [1.54, 1.807) is 32.4 Å². The molecule has 156 valence electrons. The van der Waals surface area contributed by atoms with Crippen molar-refractivity contribution in [3.8, 4) is 17.2 Å². The smallest absolute Gasteiger partial charge is 0.308 e. The maximum absolute atomic E-state index is 12.6. The highest BCUT2D eigenvalue weighted by Crippen LogP contribution is 2.29. The van der Waals surface area contributed by atoms with Crippen molar-refractivity contribution in [1.29, 1.82) is 0 Å². The quantitative estimate of drug-likeness (QED) is 0.273. The number of hydrogen-bond donors (Lipinski definition) is 1. The molecule has 0 aliphatic rings. The van der Waals surface area contributed by atoms with Crippen LogP contribution >= 0.6 is 11.8 Å². The van der Waals surface area contributed by atoms with Crippen LogP contribution in [0.2, 0.25) is 0 Å². The van der Waals surface area contributed by atoms with Gasteiger partial charge in [-0.25, -0.2) is 0 Å². The maximum atomic E-state index is 12.6. The number of ether oxygens (including phenoxy) is 3. The average molecular weight is 418 g/mol. The third kappa shape index (κ3) is 6.51. The van der Waals surface area contributed by atoms with E-state index in [2.05, 4.69) is 5.32 Å². The van der Waals surface area contributed by atoms with Crippen molar-refractivity contribution < 1.29 is 23.8 Å². The minimum absolute atomic E-state index is 0.0196. The van der Waals surface area contributed by atoms with Gasteiger partial charge in [-0.05, 0) is 55.5 Å². The molecule has 0 saturated heterocycles. The zero-order valence-electron chi connectivity index (χ0n) is 17.4. The minimum Gasteiger partial charge on any atom is -0.493 e. The van der Waals surface area contributed by atoms with E-state index in [0.717, 1.165) is 16.9 Å². The lowest BCUT2D eigenvalue weighted by Crippen LogP contribution is -2.33. The molecule has 0 aliphatic carbocycles. The summed E-state index contributed by atoms with van der Waals surface area (Å²) in [6.45, 7) is 3.60. The Morgan fingerprint density at radius 1 is 1.03 bits per heavy atom. The SMILES string of the molecule is COc1ccc(CC(C)NCC(=O)c2ccc(OC(C)=O)c(SC)c2)cc1OC. The lowest BCUT2D eigenvalue weighted by molar-refractivity contribution is -0.132. The molecule has 0 spiro atoms. The van der Waals surface area contributed by atoms with Crippen LogP contribution in [0.1, 0.15) is 29.8 Å². The van der Waals surface area contributed by atoms with Crippen LogP contribution in [0.4, 0.5) is 0 Å². The van der Waals surface area contributed by atoms with Crippen LogP contribution in [0.5, 0.6) is 17.2 Å². The highest BCUT2D eigenvalue weighted by atomic mass is 32.2. The standard InChI is InChI=1S/C22H27NO5S/c1-14(10-16-6-8-19(26-3)21(11-16)27-4)23-13-18(25)17-7-9-20(28-15(2)24)22(12-17)29-5/h6-9,11-12,14,23H,10,13H2,1-5H3. The first kappa shape index (κ1) is 22.8. The van der Waals surface area contributed by atoms with E-state index in [9.17, 15) is 9.59 Å². The molecular formula is C22H27NO5S. The summed E-state index contributed by atoms with van der Waals surface area (Å²) in [6, 6.07) is 11.0. The van der Waals surface area contributed by atoms with E-state index >= 15 is 0 Å². The van der Waals surface area contributed by atoms with E-state index in [4.69, 9.17) is 14.2 Å². The molecule has 0 amide bonds. The summed E-state index contributed by atoms with van der Waals surface area (Å²) in [5.74, 6) is 1.44. The molecule has 7 heteroatoms. The fourth-order valence-electron chi connectivity index (χ4n) is 2.88. The molecule has 0 aliphatic heterocycles. The van der Waals surface area contributed by atoms with Crippen molar-refractivity contribution in [3.05, 3.63) is 47.5 Å². The van der Waals surface area contributed by atoms with Crippen molar-refractivity contribution in [2.45, 2.75) is 31.2 Å². The number of hydrogen-bond acceptors (Lipinski definition) is 7. The lowest BCUT2D eigenvalue weighted by atomic mass is 10.1. The van der Waals surface area contributed by atoms with Crippen LogP contribution in [-0.4, -0.2) is 44.8 Å². The molecule has 2 aromatic rings. The molecule has 0 aromatic heterocycles. The number of ketones is 1. The van der Waals surface area contributed by atoms with Crippen LogP contribution in [0, 0.1) is 0 Å². The number of nitrogens with one attached hydrogen (secondary N) is 1. The first-order valence-corrected chi connectivity index (χ1v) is 10.4. The molecule has 1 N–H and O–H groups in total. The topological polar surface area (TPSA) is 73.9 Å². The maximum Gasteiger partial charge on any atom is 0.308 e. The van der Waals surface area contributed by atoms with Crippen LogP contribution in [-0.2, 0) is 11.2 Å². The summed E-state index contributed by atoms with van der Waals surface area (Å²) >= 11 is 1.43. The van der Waals surface area contributed by atoms with Crippen molar-refractivity contribution >= 4 is 23.5 Å². The molecule has 0 heterocycles. The third-order valence-corrected chi connectivity index (χ3v) is 5.10. The number of thioether (sulfide) groups is 1. The van der Waals surface area contributed by atoms with E-state index in [-0.39, 0.29) is 24.3 Å². The highest BCUT2D eigenvalue weighted by molar-refractivity contribution is 7.98. The predicted octanol–water partition coefficient (Wildman–Crippen LogP) is 3.75. The van der Waals surface area contributed by atoms with Gasteiger partial charge >= 0.3 is 5.97 Å². The highest BCUT2D eigenvalue weighted by Gasteiger charge is 2.13. The van der Waals surface area contributed by atoms with Gasteiger partial charge in [0, 0.05) is 18.5 Å². The monoisotopic (exact) mass is 417 g/mol. The zero-order valence-corrected chi connectivity index (χ0v) is 18.2. The van der Waals surface area contributed by atoms with E-state index in [1.807, 2.05) is 31.4 Å². The molecule has 29 heavy (non-hydrogen) atoms. The van der Waals surface area contributed by atoms with Gasteiger partial charge in [0.1, 0.15) is 5.75 Å². The molecule has 6 nitrogen and oxygen atoms in total. The number of carbonyl (C=O) groups is 2. The summed E-state index contributed by atoms with van der Waals surface area (Å²) in [6.07, 6.45) is 2.62. The van der Waals surface area contributed by atoms with Gasteiger partial charge in [-0.3, -0.25) is 9.59 Å². The first-order chi connectivity index (χ1) is 13.9. The van der Waals surface area contributed by atoms with E-state index < -0.39 is 0 Å². The van der Waals surface area contributed by atoms with Crippen LogP contribution in [0.3, 0.4) is 0 Å². The normalized spacial score (nSPS) is 11.6. The van der Waals surface area contributed by atoms with E-state index in [1.165, 1.54) is 18.7 Å². The molecular weight excluding hydrogens is 390 g/mol. The molecule has 0 saturated carbocycles. The molecule has 0 fully saturated rings. The Bertz CT molecular complexity index is 868. The van der Waals surface area contributed by atoms with Gasteiger partial charge in [-0.2, -0.15) is 0 Å². The van der Waals surface area contributed by atoms with Gasteiger partial charge < -0.3 is 19.5 Å². The Labute approximate surface area is 175 Å². The molecule has 1 atom stereocenters. The second-order valence-corrected chi connectivity index (χ2v) is 7.41. The molecule has 0 radical (unpaired) electrons. The molecule has 1 unspecified atom stereocenters. The number of benzene rings is 2. The largest absolute Gasteiger partial charge is 0.493 e. The second-order valence-electron chi connectivity index (χ2n) is 6.56. The minimum atomic E-state index is -0.384. The number of Topliss-reactive ketones (excluding diaryl/α,β-unsaturated/α-hetero) is 1. The van der Waals surface area contributed by atoms with Crippen molar-refractivity contribution in [2.75, 3.05) is 27.0 Å². The van der Waals surface area contributed by atoms with Crippen LogP contribution < -0.4 is 19.5 Å². The summed E-state index contributed by atoms with van der Waals surface area (Å²) in [4.78, 5) is 24.5. The summed E-state index contributed by atoms with van der Waals surface area (Å²) in [7, 11) is 3.21. The Morgan fingerprint density at radius 2 is 1.72 bits per heavy atom. The Kier molecular flexibility index (Phi) is 8.54. The van der Waals surface area contributed by atoms with Crippen molar-refractivity contribution in [2.24, 2.45) is 0 Å². The Morgan fingerprint density at radius 3 is 2.34 bits per heavy atom. The Hall–Kier alpha value is -2.51. The fourth-order valence-corrected chi connectivity index (χ4v) is 3.44. The summed E-state index contributed by atoms with van der Waals surface area (Å²) in [5.41, 5.74) is 1.67. The van der Waals surface area contributed by atoms with Gasteiger partial charge in [0.2, 0.25) is 0 Å². The van der Waals surface area contributed by atoms with Gasteiger partial charge in [0.25, 0.3) is 0 Å². The summed E-state index contributed by atoms with van der Waals surface area (Å²) in [5, 5.41) is 3.27. The van der Waals surface area contributed by atoms with Crippen molar-refractivity contribution in [1.82, 2.24) is 5.32 Å². The number of methoxy groups -OCH3 is 2. The number of rotatable bonds is 10. The lowest BCUT2D eigenvalue weighted by Gasteiger charge is -2.15. The van der Waals surface area contributed by atoms with Crippen LogP contribution in [0.15, 0.2) is 41.3 Å². The number of carbonyl (C=O) groups excluding carboxylic acids is 2. The molecule has 0 bridgehead atoms. The Balaban J connectivity index is 1.97. The van der Waals surface area contributed by atoms with Crippen LogP contribution in [0.25, 0.3) is 0 Å². The zero-order chi connectivity index (χ0) is 21.4. The van der Waals surface area contributed by atoms with Gasteiger partial charge in [-0.1, -0.05) is 6.07 Å². The molecule has 2 rings (SSSR count). The fraction of sp³-hybridized carbons (Fsp3) is 0.364.